The lowest BCUT2D eigenvalue weighted by Crippen LogP contribution is -1.93. The lowest BCUT2D eigenvalue weighted by atomic mass is 10.3. The highest BCUT2D eigenvalue weighted by molar-refractivity contribution is 7.98. The summed E-state index contributed by atoms with van der Waals surface area (Å²) in [6, 6.07) is 9.06. The van der Waals surface area contributed by atoms with Crippen molar-refractivity contribution in [1.29, 1.82) is 0 Å². The number of aromatic nitrogens is 2. The SMILES string of the molecule is Oc1ccc(SCn2cccn2)cc1. The molecule has 1 heterocycles. The molecule has 0 fully saturated rings. The lowest BCUT2D eigenvalue weighted by Gasteiger charge is -2.01. The van der Waals surface area contributed by atoms with E-state index in [2.05, 4.69) is 5.10 Å². The van der Waals surface area contributed by atoms with E-state index in [1.807, 2.05) is 29.1 Å². The molecule has 14 heavy (non-hydrogen) atoms. The van der Waals surface area contributed by atoms with Gasteiger partial charge in [-0.2, -0.15) is 5.10 Å². The molecule has 0 amide bonds. The van der Waals surface area contributed by atoms with Crippen molar-refractivity contribution < 1.29 is 5.11 Å². The van der Waals surface area contributed by atoms with E-state index in [0.717, 1.165) is 10.8 Å². The van der Waals surface area contributed by atoms with E-state index in [0.29, 0.717) is 5.75 Å². The lowest BCUT2D eigenvalue weighted by molar-refractivity contribution is 0.475. The van der Waals surface area contributed by atoms with Crippen molar-refractivity contribution in [3.05, 3.63) is 42.7 Å². The van der Waals surface area contributed by atoms with E-state index < -0.39 is 0 Å². The molecule has 4 heteroatoms. The standard InChI is InChI=1S/C10H10N2OS/c13-9-2-4-10(5-3-9)14-8-12-7-1-6-11-12/h1-7,13H,8H2. The summed E-state index contributed by atoms with van der Waals surface area (Å²) in [6.07, 6.45) is 3.69. The second-order valence-electron chi connectivity index (χ2n) is 2.81. The fourth-order valence-corrected chi connectivity index (χ4v) is 1.82. The van der Waals surface area contributed by atoms with Gasteiger partial charge in [-0.15, -0.1) is 11.8 Å². The van der Waals surface area contributed by atoms with E-state index in [9.17, 15) is 0 Å². The van der Waals surface area contributed by atoms with E-state index in [4.69, 9.17) is 5.11 Å². The van der Waals surface area contributed by atoms with Crippen LogP contribution in [0, 0.1) is 0 Å². The van der Waals surface area contributed by atoms with Gasteiger partial charge in [-0.25, -0.2) is 0 Å². The smallest absolute Gasteiger partial charge is 0.115 e. The van der Waals surface area contributed by atoms with Crippen LogP contribution in [0.5, 0.6) is 5.75 Å². The fourth-order valence-electron chi connectivity index (χ4n) is 1.06. The Morgan fingerprint density at radius 1 is 1.29 bits per heavy atom. The van der Waals surface area contributed by atoms with Crippen LogP contribution in [0.1, 0.15) is 0 Å². The molecular formula is C10H10N2OS. The Kier molecular flexibility index (Phi) is 2.74. The molecule has 1 N–H and O–H groups in total. The highest BCUT2D eigenvalue weighted by Crippen LogP contribution is 2.21. The third kappa shape index (κ3) is 2.29. The van der Waals surface area contributed by atoms with Crippen LogP contribution in [-0.4, -0.2) is 14.9 Å². The number of hydrogen-bond acceptors (Lipinski definition) is 3. The third-order valence-electron chi connectivity index (χ3n) is 1.76. The van der Waals surface area contributed by atoms with E-state index in [-0.39, 0.29) is 0 Å². The molecule has 0 saturated heterocycles. The average Bonchev–Trinajstić information content (AvgIpc) is 2.70. The minimum absolute atomic E-state index is 0.299. The Morgan fingerprint density at radius 3 is 2.71 bits per heavy atom. The summed E-state index contributed by atoms with van der Waals surface area (Å²) < 4.78 is 1.86. The molecule has 72 valence electrons. The monoisotopic (exact) mass is 206 g/mol. The molecule has 0 spiro atoms. The molecular weight excluding hydrogens is 196 g/mol. The minimum Gasteiger partial charge on any atom is -0.508 e. The van der Waals surface area contributed by atoms with Gasteiger partial charge in [0.25, 0.3) is 0 Å². The van der Waals surface area contributed by atoms with E-state index in [1.54, 1.807) is 30.1 Å². The van der Waals surface area contributed by atoms with Gasteiger partial charge in [0.15, 0.2) is 0 Å². The average molecular weight is 206 g/mol. The number of aromatic hydroxyl groups is 1. The van der Waals surface area contributed by atoms with Gasteiger partial charge in [-0.3, -0.25) is 4.68 Å². The molecule has 0 aliphatic rings. The molecule has 0 aliphatic heterocycles. The second kappa shape index (κ2) is 4.19. The Hall–Kier alpha value is -1.42. The number of benzene rings is 1. The predicted molar refractivity (Wildman–Crippen MR) is 56.2 cm³/mol. The van der Waals surface area contributed by atoms with Crippen molar-refractivity contribution in [1.82, 2.24) is 9.78 Å². The first-order valence-electron chi connectivity index (χ1n) is 4.24. The second-order valence-corrected chi connectivity index (χ2v) is 3.83. The van der Waals surface area contributed by atoms with Crippen LogP contribution in [0.2, 0.25) is 0 Å². The van der Waals surface area contributed by atoms with E-state index in [1.165, 1.54) is 0 Å². The quantitative estimate of drug-likeness (QED) is 0.783. The molecule has 2 rings (SSSR count). The maximum atomic E-state index is 9.08. The highest BCUT2D eigenvalue weighted by atomic mass is 32.2. The van der Waals surface area contributed by atoms with Crippen molar-refractivity contribution >= 4 is 11.8 Å². The van der Waals surface area contributed by atoms with Crippen LogP contribution >= 0.6 is 11.8 Å². The first-order chi connectivity index (χ1) is 6.84. The van der Waals surface area contributed by atoms with Crippen LogP contribution in [0.15, 0.2) is 47.6 Å². The third-order valence-corrected chi connectivity index (χ3v) is 2.76. The van der Waals surface area contributed by atoms with Crippen LogP contribution in [-0.2, 0) is 5.88 Å². The molecule has 1 aromatic carbocycles. The highest BCUT2D eigenvalue weighted by Gasteiger charge is 1.95. The van der Waals surface area contributed by atoms with Crippen LogP contribution in [0.3, 0.4) is 0 Å². The summed E-state index contributed by atoms with van der Waals surface area (Å²) in [5.74, 6) is 1.09. The van der Waals surface area contributed by atoms with Crippen molar-refractivity contribution in [3.8, 4) is 5.75 Å². The summed E-state index contributed by atoms with van der Waals surface area (Å²) in [5.41, 5.74) is 0. The van der Waals surface area contributed by atoms with Crippen molar-refractivity contribution in [3.63, 3.8) is 0 Å². The van der Waals surface area contributed by atoms with Gasteiger partial charge in [0, 0.05) is 17.3 Å². The number of phenolic OH excluding ortho intramolecular Hbond substituents is 1. The maximum absolute atomic E-state index is 9.08. The van der Waals surface area contributed by atoms with Crippen molar-refractivity contribution in [2.45, 2.75) is 10.8 Å². The van der Waals surface area contributed by atoms with Gasteiger partial charge in [-0.05, 0) is 30.3 Å². The predicted octanol–water partition coefficient (Wildman–Crippen LogP) is 2.34. The summed E-state index contributed by atoms with van der Waals surface area (Å²) in [7, 11) is 0. The molecule has 0 aliphatic carbocycles. The van der Waals surface area contributed by atoms with Gasteiger partial charge in [0.1, 0.15) is 5.75 Å². The molecule has 0 radical (unpaired) electrons. The first kappa shape index (κ1) is 9.15. The zero-order chi connectivity index (χ0) is 9.80. The number of phenols is 1. The Labute approximate surface area is 86.4 Å². The van der Waals surface area contributed by atoms with Gasteiger partial charge in [-0.1, -0.05) is 0 Å². The number of hydrogen-bond donors (Lipinski definition) is 1. The largest absolute Gasteiger partial charge is 0.508 e. The van der Waals surface area contributed by atoms with Gasteiger partial charge >= 0.3 is 0 Å². The zero-order valence-corrected chi connectivity index (χ0v) is 8.31. The molecule has 2 aromatic rings. The molecule has 0 saturated carbocycles. The molecule has 0 bridgehead atoms. The zero-order valence-electron chi connectivity index (χ0n) is 7.50. The summed E-state index contributed by atoms with van der Waals surface area (Å²) in [5, 5.41) is 13.2. The van der Waals surface area contributed by atoms with Crippen LogP contribution in [0.4, 0.5) is 0 Å². The summed E-state index contributed by atoms with van der Waals surface area (Å²) >= 11 is 1.68. The number of thioether (sulfide) groups is 1. The van der Waals surface area contributed by atoms with Crippen molar-refractivity contribution in [2.75, 3.05) is 0 Å². The Bertz CT molecular complexity index is 383. The summed E-state index contributed by atoms with van der Waals surface area (Å²) in [6.45, 7) is 0. The Morgan fingerprint density at radius 2 is 2.07 bits per heavy atom. The number of nitrogens with zero attached hydrogens (tertiary/aromatic N) is 2. The molecule has 0 unspecified atom stereocenters. The molecule has 0 atom stereocenters. The minimum atomic E-state index is 0.299. The molecule has 3 nitrogen and oxygen atoms in total. The van der Waals surface area contributed by atoms with Crippen LogP contribution < -0.4 is 0 Å². The van der Waals surface area contributed by atoms with Crippen molar-refractivity contribution in [2.24, 2.45) is 0 Å². The van der Waals surface area contributed by atoms with Gasteiger partial charge < -0.3 is 5.11 Å². The number of rotatable bonds is 3. The molecule has 1 aromatic heterocycles. The van der Waals surface area contributed by atoms with Gasteiger partial charge in [0.05, 0.1) is 5.88 Å². The first-order valence-corrected chi connectivity index (χ1v) is 5.22. The van der Waals surface area contributed by atoms with Crippen LogP contribution in [0.25, 0.3) is 0 Å². The summed E-state index contributed by atoms with van der Waals surface area (Å²) in [4.78, 5) is 1.12. The maximum Gasteiger partial charge on any atom is 0.115 e. The topological polar surface area (TPSA) is 38.0 Å². The Balaban J connectivity index is 1.95. The van der Waals surface area contributed by atoms with Gasteiger partial charge in [0.2, 0.25) is 0 Å². The van der Waals surface area contributed by atoms with E-state index >= 15 is 0 Å². The normalized spacial score (nSPS) is 10.3. The fraction of sp³-hybridized carbons (Fsp3) is 0.100.